The van der Waals surface area contributed by atoms with E-state index in [1.165, 1.54) is 28.2 Å². The summed E-state index contributed by atoms with van der Waals surface area (Å²) < 4.78 is 32.1. The Morgan fingerprint density at radius 1 is 0.968 bits per heavy atom. The number of nitrogens with one attached hydrogen (secondary N) is 2. The first-order valence-electron chi connectivity index (χ1n) is 9.71. The summed E-state index contributed by atoms with van der Waals surface area (Å²) in [6, 6.07) is 12.8. The number of carbonyl (C=O) groups is 2. The van der Waals surface area contributed by atoms with Crippen molar-refractivity contribution in [2.45, 2.75) is 18.7 Å². The molecule has 0 unspecified atom stereocenters. The molecule has 2 aromatic rings. The van der Waals surface area contributed by atoms with Crippen molar-refractivity contribution in [1.29, 1.82) is 0 Å². The molecule has 0 saturated heterocycles. The van der Waals surface area contributed by atoms with Crippen LogP contribution in [0.15, 0.2) is 53.4 Å². The van der Waals surface area contributed by atoms with E-state index >= 15 is 0 Å². The van der Waals surface area contributed by atoms with Gasteiger partial charge in [0, 0.05) is 24.5 Å². The molecule has 0 aliphatic heterocycles. The SMILES string of the molecule is CCN(CC)S(=O)(=O)c1cccc(NC(=O)COc2ccc(NC(=O)CSC)cc2)c1. The van der Waals surface area contributed by atoms with Crippen LogP contribution < -0.4 is 15.4 Å². The minimum Gasteiger partial charge on any atom is -0.484 e. The van der Waals surface area contributed by atoms with Gasteiger partial charge in [0.05, 0.1) is 10.6 Å². The van der Waals surface area contributed by atoms with Gasteiger partial charge in [0.2, 0.25) is 15.9 Å². The number of thioether (sulfide) groups is 1. The highest BCUT2D eigenvalue weighted by atomic mass is 32.2. The zero-order valence-corrected chi connectivity index (χ0v) is 19.4. The fraction of sp³-hybridized carbons (Fsp3) is 0.333. The quantitative estimate of drug-likeness (QED) is 0.529. The molecular weight excluding hydrogens is 438 g/mol. The molecule has 0 bridgehead atoms. The van der Waals surface area contributed by atoms with Crippen molar-refractivity contribution >= 4 is 45.0 Å². The Kier molecular flexibility index (Phi) is 9.35. The number of amides is 2. The number of ether oxygens (including phenoxy) is 1. The number of benzene rings is 2. The molecular formula is C21H27N3O5S2. The monoisotopic (exact) mass is 465 g/mol. The molecule has 0 aromatic heterocycles. The lowest BCUT2D eigenvalue weighted by Crippen LogP contribution is -2.30. The van der Waals surface area contributed by atoms with Crippen molar-refractivity contribution in [1.82, 2.24) is 4.31 Å². The molecule has 2 N–H and O–H groups in total. The first-order chi connectivity index (χ1) is 14.8. The van der Waals surface area contributed by atoms with Crippen molar-refractivity contribution in [3.8, 4) is 5.75 Å². The smallest absolute Gasteiger partial charge is 0.262 e. The van der Waals surface area contributed by atoms with E-state index in [0.29, 0.717) is 36.0 Å². The van der Waals surface area contributed by atoms with Gasteiger partial charge in [0.1, 0.15) is 5.75 Å². The van der Waals surface area contributed by atoms with Gasteiger partial charge < -0.3 is 15.4 Å². The molecule has 0 spiro atoms. The number of hydrogen-bond donors (Lipinski definition) is 2. The minimum atomic E-state index is -3.61. The van der Waals surface area contributed by atoms with Crippen LogP contribution in [0.2, 0.25) is 0 Å². The summed E-state index contributed by atoms with van der Waals surface area (Å²) in [6.07, 6.45) is 1.85. The van der Waals surface area contributed by atoms with Gasteiger partial charge in [-0.3, -0.25) is 9.59 Å². The zero-order chi connectivity index (χ0) is 22.9. The van der Waals surface area contributed by atoms with Crippen LogP contribution >= 0.6 is 11.8 Å². The molecule has 0 aliphatic carbocycles. The summed E-state index contributed by atoms with van der Waals surface area (Å²) in [7, 11) is -3.61. The highest BCUT2D eigenvalue weighted by Gasteiger charge is 2.21. The molecule has 2 aromatic carbocycles. The summed E-state index contributed by atoms with van der Waals surface area (Å²) in [5.41, 5.74) is 1.01. The molecule has 2 rings (SSSR count). The van der Waals surface area contributed by atoms with Crippen LogP contribution in [0.1, 0.15) is 13.8 Å². The lowest BCUT2D eigenvalue weighted by molar-refractivity contribution is -0.118. The number of anilines is 2. The zero-order valence-electron chi connectivity index (χ0n) is 17.8. The Bertz CT molecular complexity index is 990. The van der Waals surface area contributed by atoms with E-state index in [2.05, 4.69) is 10.6 Å². The van der Waals surface area contributed by atoms with E-state index < -0.39 is 15.9 Å². The van der Waals surface area contributed by atoms with Crippen LogP contribution in [-0.4, -0.2) is 56.2 Å². The minimum absolute atomic E-state index is 0.0919. The lowest BCUT2D eigenvalue weighted by atomic mass is 10.3. The predicted molar refractivity (Wildman–Crippen MR) is 124 cm³/mol. The Morgan fingerprint density at radius 2 is 1.61 bits per heavy atom. The van der Waals surface area contributed by atoms with E-state index in [-0.39, 0.29) is 17.4 Å². The van der Waals surface area contributed by atoms with E-state index in [4.69, 9.17) is 4.74 Å². The Hall–Kier alpha value is -2.56. The number of sulfonamides is 1. The van der Waals surface area contributed by atoms with Crippen LogP contribution in [0.25, 0.3) is 0 Å². The second kappa shape index (κ2) is 11.7. The summed E-state index contributed by atoms with van der Waals surface area (Å²) in [6.45, 7) is 4.03. The van der Waals surface area contributed by atoms with Gasteiger partial charge in [-0.2, -0.15) is 16.1 Å². The maximum Gasteiger partial charge on any atom is 0.262 e. The Balaban J connectivity index is 1.94. The fourth-order valence-corrected chi connectivity index (χ4v) is 4.59. The van der Waals surface area contributed by atoms with Gasteiger partial charge in [-0.25, -0.2) is 8.42 Å². The van der Waals surface area contributed by atoms with E-state index in [0.717, 1.165) is 0 Å². The van der Waals surface area contributed by atoms with Crippen LogP contribution in [-0.2, 0) is 19.6 Å². The normalized spacial score (nSPS) is 11.2. The Labute approximate surface area is 187 Å². The van der Waals surface area contributed by atoms with Crippen molar-refractivity contribution < 1.29 is 22.7 Å². The van der Waals surface area contributed by atoms with Gasteiger partial charge in [-0.05, 0) is 48.7 Å². The second-order valence-electron chi connectivity index (χ2n) is 6.46. The molecule has 0 saturated carbocycles. The summed E-state index contributed by atoms with van der Waals surface area (Å²) in [5.74, 6) is 0.326. The molecule has 0 aliphatic rings. The Morgan fingerprint density at radius 3 is 2.23 bits per heavy atom. The highest BCUT2D eigenvalue weighted by Crippen LogP contribution is 2.20. The van der Waals surface area contributed by atoms with Gasteiger partial charge >= 0.3 is 0 Å². The first kappa shape index (κ1) is 24.7. The van der Waals surface area contributed by atoms with Crippen LogP contribution in [0, 0.1) is 0 Å². The van der Waals surface area contributed by atoms with E-state index in [9.17, 15) is 18.0 Å². The third-order valence-corrected chi connectivity index (χ3v) is 6.84. The molecule has 0 heterocycles. The molecule has 8 nitrogen and oxygen atoms in total. The van der Waals surface area contributed by atoms with Crippen molar-refractivity contribution in [2.24, 2.45) is 0 Å². The third-order valence-electron chi connectivity index (χ3n) is 4.24. The molecule has 31 heavy (non-hydrogen) atoms. The van der Waals surface area contributed by atoms with Gasteiger partial charge in [0.15, 0.2) is 6.61 Å². The fourth-order valence-electron chi connectivity index (χ4n) is 2.76. The highest BCUT2D eigenvalue weighted by molar-refractivity contribution is 7.99. The van der Waals surface area contributed by atoms with Crippen LogP contribution in [0.4, 0.5) is 11.4 Å². The number of nitrogens with zero attached hydrogens (tertiary/aromatic N) is 1. The van der Waals surface area contributed by atoms with Gasteiger partial charge in [-0.15, -0.1) is 0 Å². The standard InChI is InChI=1S/C21H27N3O5S2/c1-4-24(5-2)31(27,28)19-8-6-7-17(13-19)23-20(25)14-29-18-11-9-16(10-12-18)22-21(26)15-30-3/h6-13H,4-5,14-15H2,1-3H3,(H,22,26)(H,23,25). The van der Waals surface area contributed by atoms with E-state index in [1.807, 2.05) is 6.26 Å². The first-order valence-corrected chi connectivity index (χ1v) is 12.5. The maximum atomic E-state index is 12.6. The van der Waals surface area contributed by atoms with Crippen LogP contribution in [0.5, 0.6) is 5.75 Å². The molecule has 0 fully saturated rings. The summed E-state index contributed by atoms with van der Waals surface area (Å²) >= 11 is 1.43. The number of carbonyl (C=O) groups excluding carboxylic acids is 2. The average molecular weight is 466 g/mol. The topological polar surface area (TPSA) is 105 Å². The van der Waals surface area contributed by atoms with Crippen molar-refractivity contribution in [3.63, 3.8) is 0 Å². The number of hydrogen-bond acceptors (Lipinski definition) is 6. The molecule has 0 atom stereocenters. The molecule has 0 radical (unpaired) electrons. The van der Waals surface area contributed by atoms with Crippen molar-refractivity contribution in [3.05, 3.63) is 48.5 Å². The molecule has 10 heteroatoms. The van der Waals surface area contributed by atoms with Gasteiger partial charge in [-0.1, -0.05) is 19.9 Å². The largest absolute Gasteiger partial charge is 0.484 e. The lowest BCUT2D eigenvalue weighted by Gasteiger charge is -2.18. The molecule has 168 valence electrons. The van der Waals surface area contributed by atoms with E-state index in [1.54, 1.807) is 50.2 Å². The van der Waals surface area contributed by atoms with Crippen molar-refractivity contribution in [2.75, 3.05) is 42.3 Å². The van der Waals surface area contributed by atoms with Crippen LogP contribution in [0.3, 0.4) is 0 Å². The summed E-state index contributed by atoms with van der Waals surface area (Å²) in [5, 5.41) is 5.40. The van der Waals surface area contributed by atoms with Gasteiger partial charge in [0.25, 0.3) is 5.91 Å². The third kappa shape index (κ3) is 7.27. The second-order valence-corrected chi connectivity index (χ2v) is 9.26. The summed E-state index contributed by atoms with van der Waals surface area (Å²) in [4.78, 5) is 23.9. The number of rotatable bonds is 11. The predicted octanol–water partition coefficient (Wildman–Crippen LogP) is 3.04. The average Bonchev–Trinajstić information content (AvgIpc) is 2.74. The maximum absolute atomic E-state index is 12.6. The molecule has 2 amide bonds.